The SMILES string of the molecule is Cc1ccc(C(C)NC(=O)NC2NNNN2)cn1. The van der Waals surface area contributed by atoms with Crippen molar-refractivity contribution in [2.75, 3.05) is 0 Å². The molecule has 0 spiro atoms. The molecule has 2 rings (SSSR count). The number of pyridine rings is 1. The Morgan fingerprint density at radius 1 is 1.39 bits per heavy atom. The molecule has 1 aromatic rings. The van der Waals surface area contributed by atoms with Gasteiger partial charge in [0.05, 0.1) is 6.04 Å². The Labute approximate surface area is 105 Å². The Kier molecular flexibility index (Phi) is 4.05. The van der Waals surface area contributed by atoms with Gasteiger partial charge in [-0.3, -0.25) is 4.98 Å². The van der Waals surface area contributed by atoms with Gasteiger partial charge in [-0.1, -0.05) is 6.07 Å². The van der Waals surface area contributed by atoms with Gasteiger partial charge in [-0.05, 0) is 25.5 Å². The van der Waals surface area contributed by atoms with Gasteiger partial charge in [-0.25, -0.2) is 15.6 Å². The molecule has 1 fully saturated rings. The molecule has 1 aliphatic rings. The van der Waals surface area contributed by atoms with Crippen molar-refractivity contribution < 1.29 is 4.79 Å². The molecule has 0 aliphatic carbocycles. The van der Waals surface area contributed by atoms with Crippen molar-refractivity contribution >= 4 is 6.03 Å². The minimum atomic E-state index is -0.367. The number of aryl methyl sites for hydroxylation is 1. The van der Waals surface area contributed by atoms with Gasteiger partial charge in [0.15, 0.2) is 6.29 Å². The number of amides is 2. The van der Waals surface area contributed by atoms with E-state index in [1.165, 1.54) is 0 Å². The molecule has 1 saturated heterocycles. The average Bonchev–Trinajstić information content (AvgIpc) is 2.82. The summed E-state index contributed by atoms with van der Waals surface area (Å²) in [5, 5.41) is 5.49. The van der Waals surface area contributed by atoms with E-state index in [2.05, 4.69) is 37.5 Å². The molecule has 1 aromatic heterocycles. The number of aromatic nitrogens is 1. The maximum Gasteiger partial charge on any atom is 0.317 e. The molecule has 18 heavy (non-hydrogen) atoms. The van der Waals surface area contributed by atoms with E-state index in [0.29, 0.717) is 0 Å². The summed E-state index contributed by atoms with van der Waals surface area (Å²) in [5.74, 6) is 0. The standard InChI is InChI=1S/C10H17N7O/c1-6-3-4-8(5-11-6)7(2)12-10(18)13-9-14-16-17-15-9/h3-5,7,9,14-17H,1-2H3,(H2,12,13,18). The van der Waals surface area contributed by atoms with E-state index in [-0.39, 0.29) is 18.4 Å². The second-order valence-corrected chi connectivity index (χ2v) is 4.04. The van der Waals surface area contributed by atoms with E-state index >= 15 is 0 Å². The molecule has 1 atom stereocenters. The first-order valence-corrected chi connectivity index (χ1v) is 5.66. The van der Waals surface area contributed by atoms with E-state index in [1.54, 1.807) is 6.20 Å². The summed E-state index contributed by atoms with van der Waals surface area (Å²) < 4.78 is 0. The lowest BCUT2D eigenvalue weighted by Gasteiger charge is -2.17. The normalized spacial score (nSPS) is 17.4. The van der Waals surface area contributed by atoms with E-state index in [4.69, 9.17) is 0 Å². The summed E-state index contributed by atoms with van der Waals surface area (Å²) in [6.45, 7) is 3.82. The Bertz CT molecular complexity index is 401. The largest absolute Gasteiger partial charge is 0.332 e. The molecule has 6 N–H and O–H groups in total. The highest BCUT2D eigenvalue weighted by atomic mass is 16.2. The molecule has 0 radical (unpaired) electrons. The number of nitrogens with one attached hydrogen (secondary N) is 6. The molecule has 2 heterocycles. The van der Waals surface area contributed by atoms with Crippen LogP contribution in [0.3, 0.4) is 0 Å². The van der Waals surface area contributed by atoms with Crippen molar-refractivity contribution in [1.29, 1.82) is 0 Å². The molecule has 98 valence electrons. The van der Waals surface area contributed by atoms with Crippen LogP contribution in [0.4, 0.5) is 4.79 Å². The van der Waals surface area contributed by atoms with Crippen LogP contribution in [0.5, 0.6) is 0 Å². The number of carbonyl (C=O) groups excluding carboxylic acids is 1. The molecule has 0 aromatic carbocycles. The quantitative estimate of drug-likeness (QED) is 0.418. The minimum absolute atomic E-state index is 0.111. The monoisotopic (exact) mass is 251 g/mol. The molecular formula is C10H17N7O. The van der Waals surface area contributed by atoms with Crippen molar-refractivity contribution in [2.45, 2.75) is 26.2 Å². The average molecular weight is 251 g/mol. The number of nitrogens with zero attached hydrogens (tertiary/aromatic N) is 1. The van der Waals surface area contributed by atoms with Crippen LogP contribution in [-0.4, -0.2) is 17.3 Å². The summed E-state index contributed by atoms with van der Waals surface area (Å²) in [5.41, 5.74) is 12.6. The van der Waals surface area contributed by atoms with Crippen molar-refractivity contribution in [1.82, 2.24) is 37.5 Å². The van der Waals surface area contributed by atoms with Gasteiger partial charge in [0.25, 0.3) is 0 Å². The highest BCUT2D eigenvalue weighted by molar-refractivity contribution is 5.74. The Morgan fingerprint density at radius 2 is 2.11 bits per heavy atom. The molecule has 8 heteroatoms. The topological polar surface area (TPSA) is 102 Å². The van der Waals surface area contributed by atoms with E-state index in [1.807, 2.05) is 26.0 Å². The first kappa shape index (κ1) is 12.7. The second kappa shape index (κ2) is 5.74. The van der Waals surface area contributed by atoms with Crippen LogP contribution in [0.15, 0.2) is 18.3 Å². The third-order valence-corrected chi connectivity index (χ3v) is 2.55. The zero-order valence-electron chi connectivity index (χ0n) is 10.2. The number of hydrogen-bond donors (Lipinski definition) is 6. The van der Waals surface area contributed by atoms with Gasteiger partial charge in [0, 0.05) is 11.9 Å². The van der Waals surface area contributed by atoms with Crippen LogP contribution in [0.2, 0.25) is 0 Å². The lowest BCUT2D eigenvalue weighted by atomic mass is 10.1. The number of hydrazine groups is 3. The van der Waals surface area contributed by atoms with Gasteiger partial charge in [-0.15, -0.1) is 0 Å². The predicted molar refractivity (Wildman–Crippen MR) is 65.4 cm³/mol. The minimum Gasteiger partial charge on any atom is -0.332 e. The second-order valence-electron chi connectivity index (χ2n) is 4.04. The highest BCUT2D eigenvalue weighted by Gasteiger charge is 2.16. The molecule has 0 bridgehead atoms. The van der Waals surface area contributed by atoms with Crippen molar-refractivity contribution in [3.63, 3.8) is 0 Å². The molecule has 1 aliphatic heterocycles. The zero-order valence-corrected chi connectivity index (χ0v) is 10.2. The van der Waals surface area contributed by atoms with Gasteiger partial charge in [0.1, 0.15) is 0 Å². The fraction of sp³-hybridized carbons (Fsp3) is 0.400. The van der Waals surface area contributed by atoms with Crippen LogP contribution >= 0.6 is 0 Å². The summed E-state index contributed by atoms with van der Waals surface area (Å²) in [6, 6.07) is 3.47. The smallest absolute Gasteiger partial charge is 0.317 e. The van der Waals surface area contributed by atoms with E-state index in [9.17, 15) is 4.79 Å². The van der Waals surface area contributed by atoms with E-state index < -0.39 is 0 Å². The van der Waals surface area contributed by atoms with Gasteiger partial charge in [0.2, 0.25) is 0 Å². The number of hydrogen-bond acceptors (Lipinski definition) is 6. The van der Waals surface area contributed by atoms with Crippen LogP contribution in [0.25, 0.3) is 0 Å². The molecule has 2 amide bonds. The van der Waals surface area contributed by atoms with E-state index in [0.717, 1.165) is 11.3 Å². The van der Waals surface area contributed by atoms with Crippen LogP contribution in [0, 0.1) is 6.92 Å². The van der Waals surface area contributed by atoms with Crippen molar-refractivity contribution in [3.8, 4) is 0 Å². The summed E-state index contributed by atoms with van der Waals surface area (Å²) in [7, 11) is 0. The summed E-state index contributed by atoms with van der Waals surface area (Å²) in [4.78, 5) is 15.9. The molecule has 0 saturated carbocycles. The maximum absolute atomic E-state index is 11.7. The fourth-order valence-corrected chi connectivity index (χ4v) is 1.51. The number of rotatable bonds is 3. The fourth-order valence-electron chi connectivity index (χ4n) is 1.51. The lowest BCUT2D eigenvalue weighted by molar-refractivity contribution is 0.230. The maximum atomic E-state index is 11.7. The van der Waals surface area contributed by atoms with Crippen molar-refractivity contribution in [3.05, 3.63) is 29.6 Å². The van der Waals surface area contributed by atoms with Crippen molar-refractivity contribution in [2.24, 2.45) is 0 Å². The molecular weight excluding hydrogens is 234 g/mol. The number of carbonyl (C=O) groups is 1. The first-order chi connectivity index (χ1) is 8.65. The Balaban J connectivity index is 1.84. The molecule has 8 nitrogen and oxygen atoms in total. The van der Waals surface area contributed by atoms with Crippen LogP contribution in [-0.2, 0) is 0 Å². The first-order valence-electron chi connectivity index (χ1n) is 5.66. The van der Waals surface area contributed by atoms with Crippen LogP contribution in [0.1, 0.15) is 24.2 Å². The lowest BCUT2D eigenvalue weighted by Crippen LogP contribution is -2.53. The summed E-state index contributed by atoms with van der Waals surface area (Å²) >= 11 is 0. The molecule has 1 unspecified atom stereocenters. The van der Waals surface area contributed by atoms with Gasteiger partial charge < -0.3 is 10.6 Å². The van der Waals surface area contributed by atoms with Gasteiger partial charge >= 0.3 is 6.03 Å². The Morgan fingerprint density at radius 3 is 2.72 bits per heavy atom. The zero-order chi connectivity index (χ0) is 13.0. The highest BCUT2D eigenvalue weighted by Crippen LogP contribution is 2.10. The third kappa shape index (κ3) is 3.37. The van der Waals surface area contributed by atoms with Crippen LogP contribution < -0.4 is 32.6 Å². The van der Waals surface area contributed by atoms with Gasteiger partial charge in [-0.2, -0.15) is 11.1 Å². The summed E-state index contributed by atoms with van der Waals surface area (Å²) in [6.07, 6.45) is 1.39. The predicted octanol–water partition coefficient (Wildman–Crippen LogP) is -0.849. The Hall–Kier alpha value is -1.74. The number of urea groups is 1. The third-order valence-electron chi connectivity index (χ3n) is 2.55.